The highest BCUT2D eigenvalue weighted by Gasteiger charge is 2.35. The van der Waals surface area contributed by atoms with Gasteiger partial charge in [-0.1, -0.05) is 44.8 Å². The lowest BCUT2D eigenvalue weighted by atomic mass is 10.1. The molecule has 0 radical (unpaired) electrons. The van der Waals surface area contributed by atoms with Crippen LogP contribution in [0.15, 0.2) is 17.1 Å². The molecule has 0 aliphatic carbocycles. The van der Waals surface area contributed by atoms with E-state index in [2.05, 4.69) is 26.0 Å². The lowest BCUT2D eigenvalue weighted by Crippen LogP contribution is -2.52. The van der Waals surface area contributed by atoms with Crippen molar-refractivity contribution in [3.8, 4) is 0 Å². The topological polar surface area (TPSA) is 32.6 Å². The Hall–Kier alpha value is -0.670. The molecule has 3 nitrogen and oxygen atoms in total. The summed E-state index contributed by atoms with van der Waals surface area (Å²) in [6.07, 6.45) is 16.1. The van der Waals surface area contributed by atoms with Crippen molar-refractivity contribution in [1.82, 2.24) is 0 Å². The molecule has 0 fully saturated rings. The van der Waals surface area contributed by atoms with E-state index in [1.54, 1.807) is 0 Å². The molecule has 3 heteroatoms. The van der Waals surface area contributed by atoms with Gasteiger partial charge in [0.25, 0.3) is 0 Å². The molecule has 1 aliphatic heterocycles. The molecule has 0 saturated carbocycles. The summed E-state index contributed by atoms with van der Waals surface area (Å²) in [5.41, 5.74) is 0. The van der Waals surface area contributed by atoms with Crippen molar-refractivity contribution in [1.29, 1.82) is 0 Å². The zero-order valence-electron chi connectivity index (χ0n) is 14.9. The van der Waals surface area contributed by atoms with Crippen molar-refractivity contribution < 1.29 is 9.59 Å². The number of aliphatic imine (C=N–C) groups is 1. The van der Waals surface area contributed by atoms with Crippen LogP contribution in [0.2, 0.25) is 0 Å². The quantitative estimate of drug-likeness (QED) is 0.307. The number of amidine groups is 1. The number of hydrogen-bond donors (Lipinski definition) is 1. The van der Waals surface area contributed by atoms with E-state index in [-0.39, 0.29) is 6.61 Å². The smallest absolute Gasteiger partial charge is 0.198 e. The van der Waals surface area contributed by atoms with Crippen molar-refractivity contribution in [2.24, 2.45) is 4.99 Å². The molecule has 1 heterocycles. The minimum atomic E-state index is 0.276. The maximum atomic E-state index is 9.31. The molecule has 0 aromatic heterocycles. The van der Waals surface area contributed by atoms with Gasteiger partial charge in [0.2, 0.25) is 0 Å². The number of aliphatic hydroxyl groups is 1. The Balaban J connectivity index is 2.09. The summed E-state index contributed by atoms with van der Waals surface area (Å²) in [6.45, 7) is 8.69. The molecule has 0 saturated heterocycles. The Labute approximate surface area is 137 Å². The number of likely N-dealkylation sites (N-methyl/N-ethyl adjacent to an activating group) is 1. The van der Waals surface area contributed by atoms with Crippen LogP contribution in [0, 0.1) is 0 Å². The van der Waals surface area contributed by atoms with Crippen molar-refractivity contribution in [2.75, 3.05) is 32.8 Å². The summed E-state index contributed by atoms with van der Waals surface area (Å²) in [5.74, 6) is 1.35. The van der Waals surface area contributed by atoms with Gasteiger partial charge in [0.1, 0.15) is 13.1 Å². The van der Waals surface area contributed by atoms with Gasteiger partial charge in [-0.25, -0.2) is 4.99 Å². The van der Waals surface area contributed by atoms with E-state index in [0.29, 0.717) is 0 Å². The fourth-order valence-corrected chi connectivity index (χ4v) is 3.37. The van der Waals surface area contributed by atoms with Gasteiger partial charge in [-0.3, -0.25) is 4.48 Å². The van der Waals surface area contributed by atoms with Crippen molar-refractivity contribution in [3.63, 3.8) is 0 Å². The van der Waals surface area contributed by atoms with Gasteiger partial charge in [0.15, 0.2) is 5.84 Å². The molecular weight excluding hydrogens is 272 g/mol. The van der Waals surface area contributed by atoms with Crippen LogP contribution in [0.4, 0.5) is 0 Å². The number of quaternary nitrogens is 1. The van der Waals surface area contributed by atoms with Gasteiger partial charge in [-0.2, -0.15) is 0 Å². The van der Waals surface area contributed by atoms with E-state index < -0.39 is 0 Å². The lowest BCUT2D eigenvalue weighted by Gasteiger charge is -2.33. The first-order valence-electron chi connectivity index (χ1n) is 9.45. The predicted octanol–water partition coefficient (Wildman–Crippen LogP) is 4.31. The first-order chi connectivity index (χ1) is 10.8. The van der Waals surface area contributed by atoms with E-state index in [1.165, 1.54) is 57.2 Å². The number of hydrogen-bond acceptors (Lipinski definition) is 2. The number of aliphatic hydroxyl groups excluding tert-OH is 1. The van der Waals surface area contributed by atoms with Gasteiger partial charge >= 0.3 is 0 Å². The Morgan fingerprint density at radius 2 is 1.77 bits per heavy atom. The van der Waals surface area contributed by atoms with Crippen LogP contribution >= 0.6 is 0 Å². The SMILES string of the molecule is CCC/C=C/CCCCCCCC1=NCC[N+]1(CC)CCO. The Kier molecular flexibility index (Phi) is 10.4. The fraction of sp³-hybridized carbons (Fsp3) is 0.842. The van der Waals surface area contributed by atoms with Crippen LogP contribution in [0.25, 0.3) is 0 Å². The Bertz CT molecular complexity index is 338. The Morgan fingerprint density at radius 1 is 1.05 bits per heavy atom. The highest BCUT2D eigenvalue weighted by atomic mass is 16.3. The molecule has 0 amide bonds. The summed E-state index contributed by atoms with van der Waals surface area (Å²) in [4.78, 5) is 4.72. The minimum Gasteiger partial charge on any atom is -0.390 e. The summed E-state index contributed by atoms with van der Waals surface area (Å²) >= 11 is 0. The first kappa shape index (κ1) is 19.4. The van der Waals surface area contributed by atoms with E-state index in [4.69, 9.17) is 4.99 Å². The molecule has 1 unspecified atom stereocenters. The van der Waals surface area contributed by atoms with Crippen LogP contribution < -0.4 is 0 Å². The standard InChI is InChI=1S/C19H37N2O/c1-3-5-6-7-8-9-10-11-12-13-14-19-20-15-16-21(19,4-2)17-18-22/h6-7,22H,3-5,8-18H2,1-2H3/q+1/b7-6+. The summed E-state index contributed by atoms with van der Waals surface area (Å²) in [5, 5.41) is 9.31. The minimum absolute atomic E-state index is 0.276. The fourth-order valence-electron chi connectivity index (χ4n) is 3.37. The third kappa shape index (κ3) is 6.62. The monoisotopic (exact) mass is 309 g/mol. The zero-order chi connectivity index (χ0) is 16.1. The maximum Gasteiger partial charge on any atom is 0.198 e. The molecule has 128 valence electrons. The summed E-state index contributed by atoms with van der Waals surface area (Å²) in [7, 11) is 0. The number of allylic oxidation sites excluding steroid dienone is 2. The number of nitrogens with zero attached hydrogens (tertiary/aromatic N) is 2. The average Bonchev–Trinajstić information content (AvgIpc) is 2.93. The summed E-state index contributed by atoms with van der Waals surface area (Å²) in [6, 6.07) is 0. The van der Waals surface area contributed by atoms with Crippen molar-refractivity contribution in [2.45, 2.75) is 71.6 Å². The zero-order valence-corrected chi connectivity index (χ0v) is 14.9. The molecule has 0 aromatic rings. The summed E-state index contributed by atoms with van der Waals surface area (Å²) < 4.78 is 0.943. The molecule has 1 aliphatic rings. The second-order valence-electron chi connectivity index (χ2n) is 6.50. The van der Waals surface area contributed by atoms with Crippen molar-refractivity contribution in [3.05, 3.63) is 12.2 Å². The first-order valence-corrected chi connectivity index (χ1v) is 9.45. The molecule has 0 aromatic carbocycles. The maximum absolute atomic E-state index is 9.31. The predicted molar refractivity (Wildman–Crippen MR) is 96.3 cm³/mol. The van der Waals surface area contributed by atoms with Crippen LogP contribution in [0.5, 0.6) is 0 Å². The van der Waals surface area contributed by atoms with E-state index in [1.807, 2.05) is 0 Å². The Morgan fingerprint density at radius 3 is 2.50 bits per heavy atom. The molecule has 0 bridgehead atoms. The van der Waals surface area contributed by atoms with Gasteiger partial charge in [-0.05, 0) is 32.6 Å². The normalized spacial score (nSPS) is 21.7. The van der Waals surface area contributed by atoms with Crippen LogP contribution in [0.1, 0.15) is 71.6 Å². The molecular formula is C19H37N2O+. The number of unbranched alkanes of at least 4 members (excludes halogenated alkanes) is 6. The van der Waals surface area contributed by atoms with Gasteiger partial charge < -0.3 is 5.11 Å². The molecule has 1 N–H and O–H groups in total. The molecule has 1 rings (SSSR count). The van der Waals surface area contributed by atoms with Crippen LogP contribution in [-0.4, -0.2) is 48.2 Å². The van der Waals surface area contributed by atoms with Gasteiger partial charge in [-0.15, -0.1) is 0 Å². The van der Waals surface area contributed by atoms with Crippen LogP contribution in [0.3, 0.4) is 0 Å². The highest BCUT2D eigenvalue weighted by molar-refractivity contribution is 5.76. The third-order valence-electron chi connectivity index (χ3n) is 4.90. The van der Waals surface area contributed by atoms with Crippen molar-refractivity contribution >= 4 is 5.84 Å². The second kappa shape index (κ2) is 11.8. The lowest BCUT2D eigenvalue weighted by molar-refractivity contribution is -0.835. The average molecular weight is 310 g/mol. The second-order valence-corrected chi connectivity index (χ2v) is 6.50. The van der Waals surface area contributed by atoms with E-state index in [0.717, 1.165) is 37.1 Å². The third-order valence-corrected chi connectivity index (χ3v) is 4.90. The van der Waals surface area contributed by atoms with Gasteiger partial charge in [0.05, 0.1) is 19.7 Å². The van der Waals surface area contributed by atoms with E-state index >= 15 is 0 Å². The van der Waals surface area contributed by atoms with Gasteiger partial charge in [0, 0.05) is 6.42 Å². The molecule has 22 heavy (non-hydrogen) atoms. The molecule has 0 spiro atoms. The van der Waals surface area contributed by atoms with Crippen LogP contribution in [-0.2, 0) is 0 Å². The van der Waals surface area contributed by atoms with E-state index in [9.17, 15) is 5.11 Å². The number of rotatable bonds is 13. The largest absolute Gasteiger partial charge is 0.390 e. The molecule has 1 atom stereocenters. The highest BCUT2D eigenvalue weighted by Crippen LogP contribution is 2.19.